The molecule has 3 aromatic rings. The first kappa shape index (κ1) is 17.0. The number of amides is 1. The van der Waals surface area contributed by atoms with Crippen LogP contribution in [0.15, 0.2) is 48.5 Å². The molecule has 1 aliphatic carbocycles. The van der Waals surface area contributed by atoms with E-state index in [9.17, 15) is 9.18 Å². The van der Waals surface area contributed by atoms with Crippen LogP contribution in [0.3, 0.4) is 0 Å². The molecule has 1 aromatic heterocycles. The SMILES string of the molecule is O=C(CCl)N(Cc1ccc2c(c1)CCC2)c1ccc2cc(F)ccc2n1. The number of aromatic nitrogens is 1. The van der Waals surface area contributed by atoms with Crippen LogP contribution in [0, 0.1) is 5.82 Å². The summed E-state index contributed by atoms with van der Waals surface area (Å²) in [5.41, 5.74) is 4.47. The van der Waals surface area contributed by atoms with Crippen LogP contribution < -0.4 is 4.90 Å². The van der Waals surface area contributed by atoms with E-state index in [1.807, 2.05) is 0 Å². The van der Waals surface area contributed by atoms with Crippen LogP contribution in [0.4, 0.5) is 10.2 Å². The number of anilines is 1. The molecule has 0 atom stereocenters. The largest absolute Gasteiger partial charge is 0.291 e. The zero-order valence-corrected chi connectivity index (χ0v) is 15.0. The normalized spacial score (nSPS) is 13.0. The summed E-state index contributed by atoms with van der Waals surface area (Å²) in [5, 5.41) is 0.699. The molecule has 0 saturated heterocycles. The first-order valence-electron chi connectivity index (χ1n) is 8.67. The van der Waals surface area contributed by atoms with Gasteiger partial charge in [0.15, 0.2) is 0 Å². The number of carbonyl (C=O) groups excluding carboxylic acids is 1. The molecule has 5 heteroatoms. The molecule has 26 heavy (non-hydrogen) atoms. The Morgan fingerprint density at radius 3 is 2.77 bits per heavy atom. The van der Waals surface area contributed by atoms with Gasteiger partial charge in [-0.3, -0.25) is 9.69 Å². The van der Waals surface area contributed by atoms with Gasteiger partial charge in [0.1, 0.15) is 17.5 Å². The summed E-state index contributed by atoms with van der Waals surface area (Å²) in [4.78, 5) is 18.6. The summed E-state index contributed by atoms with van der Waals surface area (Å²) >= 11 is 5.83. The van der Waals surface area contributed by atoms with Gasteiger partial charge in [0.2, 0.25) is 5.91 Å². The monoisotopic (exact) mass is 368 g/mol. The number of benzene rings is 2. The Bertz CT molecular complexity index is 989. The van der Waals surface area contributed by atoms with E-state index in [0.717, 1.165) is 18.4 Å². The van der Waals surface area contributed by atoms with Gasteiger partial charge in [0.25, 0.3) is 0 Å². The highest BCUT2D eigenvalue weighted by atomic mass is 35.5. The topological polar surface area (TPSA) is 33.2 Å². The number of pyridine rings is 1. The van der Waals surface area contributed by atoms with Gasteiger partial charge in [-0.05, 0) is 66.3 Å². The molecule has 0 aliphatic heterocycles. The fourth-order valence-corrected chi connectivity index (χ4v) is 3.66. The fourth-order valence-electron chi connectivity index (χ4n) is 3.51. The first-order chi connectivity index (χ1) is 12.6. The molecule has 1 aliphatic rings. The summed E-state index contributed by atoms with van der Waals surface area (Å²) in [5.74, 6) is -0.107. The minimum absolute atomic E-state index is 0.117. The highest BCUT2D eigenvalue weighted by Gasteiger charge is 2.19. The maximum Gasteiger partial charge on any atom is 0.243 e. The Balaban J connectivity index is 1.68. The van der Waals surface area contributed by atoms with Crippen LogP contribution in [0.2, 0.25) is 0 Å². The van der Waals surface area contributed by atoms with Crippen LogP contribution in [0.25, 0.3) is 10.9 Å². The number of halogens is 2. The molecule has 0 saturated carbocycles. The number of carbonyl (C=O) groups is 1. The Labute approximate surface area is 156 Å². The van der Waals surface area contributed by atoms with Gasteiger partial charge in [-0.1, -0.05) is 18.2 Å². The number of fused-ring (bicyclic) bond motifs is 2. The van der Waals surface area contributed by atoms with E-state index in [1.54, 1.807) is 23.1 Å². The molecule has 0 unspecified atom stereocenters. The van der Waals surface area contributed by atoms with Gasteiger partial charge in [0.05, 0.1) is 12.1 Å². The number of nitrogens with zero attached hydrogens (tertiary/aromatic N) is 2. The molecule has 1 heterocycles. The Hall–Kier alpha value is -2.46. The van der Waals surface area contributed by atoms with Crippen LogP contribution >= 0.6 is 11.6 Å². The van der Waals surface area contributed by atoms with Gasteiger partial charge in [-0.15, -0.1) is 11.6 Å². The smallest absolute Gasteiger partial charge is 0.243 e. The zero-order valence-electron chi connectivity index (χ0n) is 14.2. The lowest BCUT2D eigenvalue weighted by atomic mass is 10.1. The van der Waals surface area contributed by atoms with Crippen molar-refractivity contribution in [3.8, 4) is 0 Å². The standard InChI is InChI=1S/C21H18ClFN2O/c22-12-21(26)25(13-14-4-5-15-2-1-3-16(15)10-14)20-9-6-17-11-18(23)7-8-19(17)24-20/h4-11H,1-3,12-13H2. The lowest BCUT2D eigenvalue weighted by Crippen LogP contribution is -2.32. The Morgan fingerprint density at radius 2 is 1.92 bits per heavy atom. The minimum atomic E-state index is -0.307. The molecule has 1 amide bonds. The number of hydrogen-bond acceptors (Lipinski definition) is 2. The predicted molar refractivity (Wildman–Crippen MR) is 102 cm³/mol. The number of rotatable bonds is 4. The maximum atomic E-state index is 13.4. The highest BCUT2D eigenvalue weighted by Crippen LogP contribution is 2.25. The quantitative estimate of drug-likeness (QED) is 0.629. The second kappa shape index (κ2) is 7.04. The molecule has 4 rings (SSSR count). The Morgan fingerprint density at radius 1 is 1.08 bits per heavy atom. The van der Waals surface area contributed by atoms with Gasteiger partial charge >= 0.3 is 0 Å². The maximum absolute atomic E-state index is 13.4. The second-order valence-corrected chi connectivity index (χ2v) is 6.84. The molecule has 0 bridgehead atoms. The lowest BCUT2D eigenvalue weighted by Gasteiger charge is -2.22. The van der Waals surface area contributed by atoms with Gasteiger partial charge in [-0.2, -0.15) is 0 Å². The molecule has 0 fully saturated rings. The van der Waals surface area contributed by atoms with Crippen LogP contribution in [0.1, 0.15) is 23.1 Å². The van der Waals surface area contributed by atoms with Crippen molar-refractivity contribution >= 4 is 34.2 Å². The summed E-state index contributed by atoms with van der Waals surface area (Å²) in [7, 11) is 0. The summed E-state index contributed by atoms with van der Waals surface area (Å²) < 4.78 is 13.4. The van der Waals surface area contributed by atoms with E-state index in [1.165, 1.54) is 29.7 Å². The molecule has 2 aromatic carbocycles. The third-order valence-corrected chi connectivity index (χ3v) is 5.06. The van der Waals surface area contributed by atoms with E-state index in [-0.39, 0.29) is 17.6 Å². The van der Waals surface area contributed by atoms with Crippen molar-refractivity contribution in [1.82, 2.24) is 4.98 Å². The van der Waals surface area contributed by atoms with Crippen molar-refractivity contribution in [2.45, 2.75) is 25.8 Å². The molecule has 0 radical (unpaired) electrons. The number of alkyl halides is 1. The molecule has 0 spiro atoms. The average Bonchev–Trinajstić information content (AvgIpc) is 3.13. The van der Waals surface area contributed by atoms with Crippen molar-refractivity contribution < 1.29 is 9.18 Å². The van der Waals surface area contributed by atoms with Crippen molar-refractivity contribution in [2.24, 2.45) is 0 Å². The van der Waals surface area contributed by atoms with Crippen LogP contribution in [-0.2, 0) is 24.2 Å². The number of hydrogen-bond donors (Lipinski definition) is 0. The van der Waals surface area contributed by atoms with Gasteiger partial charge in [0, 0.05) is 5.39 Å². The first-order valence-corrected chi connectivity index (χ1v) is 9.21. The van der Waals surface area contributed by atoms with E-state index in [2.05, 4.69) is 23.2 Å². The third-order valence-electron chi connectivity index (χ3n) is 4.83. The summed E-state index contributed by atoms with van der Waals surface area (Å²) in [6.07, 6.45) is 3.40. The molecule has 0 N–H and O–H groups in total. The van der Waals surface area contributed by atoms with Gasteiger partial charge < -0.3 is 0 Å². The Kier molecular flexibility index (Phi) is 4.60. The van der Waals surface area contributed by atoms with Crippen LogP contribution in [-0.4, -0.2) is 16.8 Å². The van der Waals surface area contributed by atoms with E-state index in [0.29, 0.717) is 23.3 Å². The fraction of sp³-hybridized carbons (Fsp3) is 0.238. The molecular formula is C21H18ClFN2O. The average molecular weight is 369 g/mol. The van der Waals surface area contributed by atoms with E-state index in [4.69, 9.17) is 11.6 Å². The van der Waals surface area contributed by atoms with Crippen molar-refractivity contribution in [2.75, 3.05) is 10.8 Å². The number of aryl methyl sites for hydroxylation is 2. The predicted octanol–water partition coefficient (Wildman–Crippen LogP) is 4.63. The van der Waals surface area contributed by atoms with Crippen molar-refractivity contribution in [3.05, 3.63) is 71.0 Å². The molecule has 3 nitrogen and oxygen atoms in total. The molecule has 132 valence electrons. The summed E-state index contributed by atoms with van der Waals surface area (Å²) in [6, 6.07) is 14.3. The summed E-state index contributed by atoms with van der Waals surface area (Å²) in [6.45, 7) is 0.415. The highest BCUT2D eigenvalue weighted by molar-refractivity contribution is 6.29. The third kappa shape index (κ3) is 3.29. The lowest BCUT2D eigenvalue weighted by molar-refractivity contribution is -0.116. The van der Waals surface area contributed by atoms with Gasteiger partial charge in [-0.25, -0.2) is 9.37 Å². The minimum Gasteiger partial charge on any atom is -0.291 e. The second-order valence-electron chi connectivity index (χ2n) is 6.58. The van der Waals surface area contributed by atoms with Crippen molar-refractivity contribution in [1.29, 1.82) is 0 Å². The van der Waals surface area contributed by atoms with E-state index >= 15 is 0 Å². The zero-order chi connectivity index (χ0) is 18.1. The van der Waals surface area contributed by atoms with Crippen LogP contribution in [0.5, 0.6) is 0 Å². The van der Waals surface area contributed by atoms with E-state index < -0.39 is 0 Å². The molecular weight excluding hydrogens is 351 g/mol. The van der Waals surface area contributed by atoms with Crippen molar-refractivity contribution in [3.63, 3.8) is 0 Å².